The summed E-state index contributed by atoms with van der Waals surface area (Å²) in [4.78, 5) is 21.0. The van der Waals surface area contributed by atoms with Gasteiger partial charge in [0.05, 0.1) is 17.6 Å². The van der Waals surface area contributed by atoms with Gasteiger partial charge in [0.2, 0.25) is 0 Å². The molecule has 28 heavy (non-hydrogen) atoms. The van der Waals surface area contributed by atoms with Gasteiger partial charge in [-0.05, 0) is 68.0 Å². The standard InChI is InChI=1S/C23H25N3O2/c27-23(17-10-11-21-15(13-17)6-4-12-28-21)24-18-7-3-5-16(14-18)22-25-19-8-1-2-9-20(19)26-22/h1-2,8-11,13,16,18H,3-7,12,14H2,(H,24,27)(H,25,26)/t16-,18?/m0/s1. The topological polar surface area (TPSA) is 67.0 Å². The van der Waals surface area contributed by atoms with Gasteiger partial charge < -0.3 is 15.0 Å². The SMILES string of the molecule is O=C(NC1CCC[C@H](c2nc3ccccc3[nH]2)C1)c1ccc2c(c1)CCCO2. The number of para-hydroxylation sites is 2. The third kappa shape index (κ3) is 3.37. The molecule has 0 radical (unpaired) electrons. The first-order chi connectivity index (χ1) is 13.8. The summed E-state index contributed by atoms with van der Waals surface area (Å²) in [5, 5.41) is 3.25. The number of ether oxygens (including phenoxy) is 1. The van der Waals surface area contributed by atoms with Gasteiger partial charge >= 0.3 is 0 Å². The Hall–Kier alpha value is -2.82. The Morgan fingerprint density at radius 1 is 1.14 bits per heavy atom. The van der Waals surface area contributed by atoms with Crippen LogP contribution in [-0.4, -0.2) is 28.5 Å². The lowest BCUT2D eigenvalue weighted by Crippen LogP contribution is -2.38. The molecule has 1 aromatic heterocycles. The van der Waals surface area contributed by atoms with Gasteiger partial charge in [-0.15, -0.1) is 0 Å². The lowest BCUT2D eigenvalue weighted by atomic mass is 9.85. The Morgan fingerprint density at radius 3 is 3.00 bits per heavy atom. The van der Waals surface area contributed by atoms with Gasteiger partial charge in [-0.25, -0.2) is 4.98 Å². The van der Waals surface area contributed by atoms with E-state index < -0.39 is 0 Å². The predicted molar refractivity (Wildman–Crippen MR) is 109 cm³/mol. The van der Waals surface area contributed by atoms with Crippen LogP contribution in [0.15, 0.2) is 42.5 Å². The summed E-state index contributed by atoms with van der Waals surface area (Å²) in [7, 11) is 0. The lowest BCUT2D eigenvalue weighted by Gasteiger charge is -2.29. The molecule has 5 nitrogen and oxygen atoms in total. The molecule has 2 aliphatic rings. The van der Waals surface area contributed by atoms with Crippen LogP contribution in [0.5, 0.6) is 5.75 Å². The molecule has 1 saturated carbocycles. The van der Waals surface area contributed by atoms with Crippen molar-refractivity contribution in [2.45, 2.75) is 50.5 Å². The number of imidazole rings is 1. The maximum absolute atomic E-state index is 12.8. The molecule has 5 rings (SSSR count). The smallest absolute Gasteiger partial charge is 0.251 e. The van der Waals surface area contributed by atoms with E-state index in [9.17, 15) is 4.79 Å². The first-order valence-electron chi connectivity index (χ1n) is 10.3. The number of aryl methyl sites for hydroxylation is 1. The van der Waals surface area contributed by atoms with Crippen molar-refractivity contribution in [2.24, 2.45) is 0 Å². The van der Waals surface area contributed by atoms with Gasteiger partial charge in [-0.1, -0.05) is 18.6 Å². The molecule has 1 aliphatic carbocycles. The summed E-state index contributed by atoms with van der Waals surface area (Å²) in [6, 6.07) is 14.1. The van der Waals surface area contributed by atoms with Crippen LogP contribution in [0.2, 0.25) is 0 Å². The first-order valence-corrected chi connectivity index (χ1v) is 10.3. The highest BCUT2D eigenvalue weighted by molar-refractivity contribution is 5.94. The third-order valence-electron chi connectivity index (χ3n) is 5.97. The van der Waals surface area contributed by atoms with E-state index in [1.807, 2.05) is 36.4 Å². The van der Waals surface area contributed by atoms with Crippen LogP contribution in [-0.2, 0) is 6.42 Å². The van der Waals surface area contributed by atoms with E-state index >= 15 is 0 Å². The number of rotatable bonds is 3. The molecule has 0 bridgehead atoms. The Kier molecular flexibility index (Phi) is 4.51. The number of aromatic amines is 1. The number of amides is 1. The van der Waals surface area contributed by atoms with Crippen molar-refractivity contribution in [3.8, 4) is 5.75 Å². The summed E-state index contributed by atoms with van der Waals surface area (Å²) in [6.07, 6.45) is 6.16. The number of hydrogen-bond donors (Lipinski definition) is 2. The number of nitrogens with zero attached hydrogens (tertiary/aromatic N) is 1. The Bertz CT molecular complexity index is 977. The second-order valence-corrected chi connectivity index (χ2v) is 7.95. The van der Waals surface area contributed by atoms with E-state index in [0.29, 0.717) is 5.92 Å². The number of H-pyrrole nitrogens is 1. The van der Waals surface area contributed by atoms with E-state index in [1.165, 1.54) is 0 Å². The average Bonchev–Trinajstić information content (AvgIpc) is 3.18. The number of carbonyl (C=O) groups is 1. The zero-order valence-corrected chi connectivity index (χ0v) is 15.9. The maximum Gasteiger partial charge on any atom is 0.251 e. The van der Waals surface area contributed by atoms with Crippen LogP contribution in [0.4, 0.5) is 0 Å². The van der Waals surface area contributed by atoms with Crippen molar-refractivity contribution in [3.05, 3.63) is 59.4 Å². The number of aromatic nitrogens is 2. The molecule has 2 N–H and O–H groups in total. The zero-order valence-electron chi connectivity index (χ0n) is 15.9. The monoisotopic (exact) mass is 375 g/mol. The van der Waals surface area contributed by atoms with E-state index in [-0.39, 0.29) is 11.9 Å². The molecule has 144 valence electrons. The molecule has 1 unspecified atom stereocenters. The van der Waals surface area contributed by atoms with E-state index in [4.69, 9.17) is 9.72 Å². The summed E-state index contributed by atoms with van der Waals surface area (Å²) >= 11 is 0. The van der Waals surface area contributed by atoms with E-state index in [0.717, 1.165) is 78.9 Å². The minimum atomic E-state index is 0.0172. The number of carbonyl (C=O) groups excluding carboxylic acids is 1. The molecular weight excluding hydrogens is 350 g/mol. The molecule has 0 spiro atoms. The van der Waals surface area contributed by atoms with Crippen molar-refractivity contribution in [1.82, 2.24) is 15.3 Å². The van der Waals surface area contributed by atoms with Crippen molar-refractivity contribution < 1.29 is 9.53 Å². The van der Waals surface area contributed by atoms with Crippen LogP contribution < -0.4 is 10.1 Å². The van der Waals surface area contributed by atoms with Gasteiger partial charge in [-0.3, -0.25) is 4.79 Å². The molecule has 1 amide bonds. The van der Waals surface area contributed by atoms with Gasteiger partial charge in [0.15, 0.2) is 0 Å². The molecular formula is C23H25N3O2. The van der Waals surface area contributed by atoms with Crippen molar-refractivity contribution >= 4 is 16.9 Å². The second-order valence-electron chi connectivity index (χ2n) is 7.95. The van der Waals surface area contributed by atoms with E-state index in [1.54, 1.807) is 0 Å². The number of nitrogens with one attached hydrogen (secondary N) is 2. The van der Waals surface area contributed by atoms with Crippen LogP contribution in [0.3, 0.4) is 0 Å². The lowest BCUT2D eigenvalue weighted by molar-refractivity contribution is 0.0924. The van der Waals surface area contributed by atoms with Gasteiger partial charge in [0.25, 0.3) is 5.91 Å². The molecule has 1 fully saturated rings. The van der Waals surface area contributed by atoms with Gasteiger partial charge in [0.1, 0.15) is 11.6 Å². The molecule has 0 saturated heterocycles. The Balaban J connectivity index is 1.28. The highest BCUT2D eigenvalue weighted by Crippen LogP contribution is 2.33. The second kappa shape index (κ2) is 7.30. The fraction of sp³-hybridized carbons (Fsp3) is 0.391. The van der Waals surface area contributed by atoms with Crippen LogP contribution in [0, 0.1) is 0 Å². The highest BCUT2D eigenvalue weighted by atomic mass is 16.5. The zero-order chi connectivity index (χ0) is 18.9. The molecule has 2 heterocycles. The Morgan fingerprint density at radius 2 is 2.07 bits per heavy atom. The minimum Gasteiger partial charge on any atom is -0.493 e. The van der Waals surface area contributed by atoms with Crippen molar-refractivity contribution in [2.75, 3.05) is 6.61 Å². The number of hydrogen-bond acceptors (Lipinski definition) is 3. The summed E-state index contributed by atoms with van der Waals surface area (Å²) in [5.41, 5.74) is 3.97. The van der Waals surface area contributed by atoms with Crippen LogP contribution in [0.25, 0.3) is 11.0 Å². The normalized spacial score (nSPS) is 21.7. The predicted octanol–water partition coefficient (Wildman–Crippen LogP) is 4.34. The van der Waals surface area contributed by atoms with Crippen LogP contribution in [0.1, 0.15) is 59.8 Å². The fourth-order valence-electron chi connectivity index (χ4n) is 4.51. The molecule has 3 aromatic rings. The molecule has 2 atom stereocenters. The largest absolute Gasteiger partial charge is 0.493 e. The summed E-state index contributed by atoms with van der Waals surface area (Å²) in [5.74, 6) is 2.35. The fourth-order valence-corrected chi connectivity index (χ4v) is 4.51. The molecule has 5 heteroatoms. The maximum atomic E-state index is 12.8. The van der Waals surface area contributed by atoms with Gasteiger partial charge in [0, 0.05) is 17.5 Å². The van der Waals surface area contributed by atoms with E-state index in [2.05, 4.69) is 16.4 Å². The molecule has 1 aliphatic heterocycles. The molecule has 2 aromatic carbocycles. The van der Waals surface area contributed by atoms with Crippen LogP contribution >= 0.6 is 0 Å². The summed E-state index contributed by atoms with van der Waals surface area (Å²) < 4.78 is 5.65. The number of fused-ring (bicyclic) bond motifs is 2. The highest BCUT2D eigenvalue weighted by Gasteiger charge is 2.27. The quantitative estimate of drug-likeness (QED) is 0.715. The third-order valence-corrected chi connectivity index (χ3v) is 5.97. The van der Waals surface area contributed by atoms with Gasteiger partial charge in [-0.2, -0.15) is 0 Å². The number of benzene rings is 2. The average molecular weight is 375 g/mol. The van der Waals surface area contributed by atoms with Crippen molar-refractivity contribution in [3.63, 3.8) is 0 Å². The summed E-state index contributed by atoms with van der Waals surface area (Å²) in [6.45, 7) is 0.768. The Labute approximate surface area is 164 Å². The minimum absolute atomic E-state index is 0.0172. The first kappa shape index (κ1) is 17.3. The van der Waals surface area contributed by atoms with Crippen molar-refractivity contribution in [1.29, 1.82) is 0 Å².